The molecule has 0 spiro atoms. The number of esters is 2. The van der Waals surface area contributed by atoms with Gasteiger partial charge in [-0.25, -0.2) is 9.59 Å². The molecule has 168 valence electrons. The molecular weight excluding hydrogens is 388 g/mol. The number of hydrogen-bond donors (Lipinski definition) is 0. The molecule has 2 aromatic carbocycles. The Kier molecular flexibility index (Phi) is 11.4. The van der Waals surface area contributed by atoms with E-state index in [1.54, 1.807) is 36.4 Å². The van der Waals surface area contributed by atoms with Crippen molar-refractivity contribution in [3.63, 3.8) is 0 Å². The Labute approximate surface area is 187 Å². The van der Waals surface area contributed by atoms with E-state index < -0.39 is 12.1 Å². The van der Waals surface area contributed by atoms with Crippen LogP contribution >= 0.6 is 0 Å². The zero-order valence-electron chi connectivity index (χ0n) is 19.0. The SMILES string of the molecule is CCCCCCCCCCC(COC(=O)c1ccccc1)OC(=O)c1ccc(C)cc1. The summed E-state index contributed by atoms with van der Waals surface area (Å²) in [6.45, 7) is 4.27. The zero-order valence-corrected chi connectivity index (χ0v) is 19.0. The standard InChI is InChI=1S/C27H36O4/c1-3-4-5-6-7-8-9-13-16-25(21-30-26(28)23-14-11-10-12-15-23)31-27(29)24-19-17-22(2)18-20-24/h10-12,14-15,17-20,25H,3-9,13,16,21H2,1-2H3. The lowest BCUT2D eigenvalue weighted by molar-refractivity contribution is -0.00341. The van der Waals surface area contributed by atoms with Gasteiger partial charge >= 0.3 is 11.9 Å². The highest BCUT2D eigenvalue weighted by Gasteiger charge is 2.18. The first-order chi connectivity index (χ1) is 15.1. The van der Waals surface area contributed by atoms with E-state index in [2.05, 4.69) is 6.92 Å². The first kappa shape index (κ1) is 24.6. The summed E-state index contributed by atoms with van der Waals surface area (Å²) in [4.78, 5) is 24.8. The first-order valence-corrected chi connectivity index (χ1v) is 11.6. The molecule has 4 heteroatoms. The van der Waals surface area contributed by atoms with E-state index in [-0.39, 0.29) is 12.6 Å². The fraction of sp³-hybridized carbons (Fsp3) is 0.481. The van der Waals surface area contributed by atoms with Crippen LogP contribution in [0.25, 0.3) is 0 Å². The average molecular weight is 425 g/mol. The van der Waals surface area contributed by atoms with Crippen molar-refractivity contribution in [3.05, 3.63) is 71.3 Å². The van der Waals surface area contributed by atoms with Crippen LogP contribution < -0.4 is 0 Å². The third-order valence-electron chi connectivity index (χ3n) is 5.35. The molecule has 0 heterocycles. The summed E-state index contributed by atoms with van der Waals surface area (Å²) in [7, 11) is 0. The Balaban J connectivity index is 1.84. The summed E-state index contributed by atoms with van der Waals surface area (Å²) >= 11 is 0. The van der Waals surface area contributed by atoms with Crippen molar-refractivity contribution in [3.8, 4) is 0 Å². The molecule has 0 radical (unpaired) electrons. The Morgan fingerprint density at radius 2 is 1.32 bits per heavy atom. The second kappa shape index (κ2) is 14.4. The maximum Gasteiger partial charge on any atom is 0.338 e. The molecule has 2 aromatic rings. The molecule has 0 aliphatic rings. The summed E-state index contributed by atoms with van der Waals surface area (Å²) in [6.07, 6.45) is 9.88. The van der Waals surface area contributed by atoms with Gasteiger partial charge < -0.3 is 9.47 Å². The van der Waals surface area contributed by atoms with E-state index in [4.69, 9.17) is 9.47 Å². The van der Waals surface area contributed by atoms with Gasteiger partial charge in [0.05, 0.1) is 11.1 Å². The molecule has 0 amide bonds. The fourth-order valence-electron chi connectivity index (χ4n) is 3.42. The number of carbonyl (C=O) groups excluding carboxylic acids is 2. The van der Waals surface area contributed by atoms with Crippen molar-refractivity contribution < 1.29 is 19.1 Å². The second-order valence-electron chi connectivity index (χ2n) is 8.12. The Morgan fingerprint density at radius 1 is 0.742 bits per heavy atom. The van der Waals surface area contributed by atoms with Crippen LogP contribution in [0.4, 0.5) is 0 Å². The zero-order chi connectivity index (χ0) is 22.3. The van der Waals surface area contributed by atoms with Gasteiger partial charge in [0.25, 0.3) is 0 Å². The van der Waals surface area contributed by atoms with Crippen LogP contribution in [0.5, 0.6) is 0 Å². The lowest BCUT2D eigenvalue weighted by atomic mass is 10.1. The van der Waals surface area contributed by atoms with Crippen molar-refractivity contribution in [2.45, 2.75) is 77.7 Å². The minimum atomic E-state index is -0.443. The maximum absolute atomic E-state index is 12.6. The topological polar surface area (TPSA) is 52.6 Å². The minimum Gasteiger partial charge on any atom is -0.458 e. The quantitative estimate of drug-likeness (QED) is 0.244. The molecule has 0 N–H and O–H groups in total. The molecule has 31 heavy (non-hydrogen) atoms. The van der Waals surface area contributed by atoms with Crippen molar-refractivity contribution >= 4 is 11.9 Å². The number of unbranched alkanes of at least 4 members (excludes halogenated alkanes) is 7. The predicted octanol–water partition coefficient (Wildman–Crippen LogP) is 6.91. The van der Waals surface area contributed by atoms with Gasteiger partial charge in [-0.1, -0.05) is 87.8 Å². The second-order valence-corrected chi connectivity index (χ2v) is 8.12. The lowest BCUT2D eigenvalue weighted by Crippen LogP contribution is -2.25. The van der Waals surface area contributed by atoms with Gasteiger partial charge in [0.15, 0.2) is 0 Å². The molecule has 0 saturated heterocycles. The fourth-order valence-corrected chi connectivity index (χ4v) is 3.42. The largest absolute Gasteiger partial charge is 0.458 e. The van der Waals surface area contributed by atoms with Crippen molar-refractivity contribution in [2.75, 3.05) is 6.61 Å². The van der Waals surface area contributed by atoms with E-state index in [9.17, 15) is 9.59 Å². The van der Waals surface area contributed by atoms with Gasteiger partial charge in [-0.15, -0.1) is 0 Å². The molecule has 0 aliphatic heterocycles. The van der Waals surface area contributed by atoms with Crippen LogP contribution in [0.15, 0.2) is 54.6 Å². The highest BCUT2D eigenvalue weighted by Crippen LogP contribution is 2.15. The molecule has 1 unspecified atom stereocenters. The summed E-state index contributed by atoms with van der Waals surface area (Å²) in [5.41, 5.74) is 2.10. The Morgan fingerprint density at radius 3 is 1.97 bits per heavy atom. The lowest BCUT2D eigenvalue weighted by Gasteiger charge is -2.18. The normalized spacial score (nSPS) is 11.7. The third kappa shape index (κ3) is 9.82. The Bertz CT molecular complexity index is 768. The molecule has 0 aliphatic carbocycles. The summed E-state index contributed by atoms with van der Waals surface area (Å²) in [5, 5.41) is 0. The van der Waals surface area contributed by atoms with Crippen molar-refractivity contribution in [1.29, 1.82) is 0 Å². The minimum absolute atomic E-state index is 0.0713. The highest BCUT2D eigenvalue weighted by molar-refractivity contribution is 5.90. The van der Waals surface area contributed by atoms with Crippen LogP contribution in [-0.4, -0.2) is 24.6 Å². The van der Waals surface area contributed by atoms with Gasteiger partial charge in [-0.2, -0.15) is 0 Å². The summed E-state index contributed by atoms with van der Waals surface area (Å²) < 4.78 is 11.2. The molecule has 2 rings (SSSR count). The monoisotopic (exact) mass is 424 g/mol. The molecule has 4 nitrogen and oxygen atoms in total. The van der Waals surface area contributed by atoms with Crippen LogP contribution in [0.3, 0.4) is 0 Å². The highest BCUT2D eigenvalue weighted by atomic mass is 16.6. The van der Waals surface area contributed by atoms with Crippen LogP contribution in [0.1, 0.15) is 91.0 Å². The molecule has 1 atom stereocenters. The molecule has 0 saturated carbocycles. The predicted molar refractivity (Wildman–Crippen MR) is 124 cm³/mol. The molecule has 0 bridgehead atoms. The van der Waals surface area contributed by atoms with E-state index in [1.807, 2.05) is 25.1 Å². The summed E-state index contributed by atoms with van der Waals surface area (Å²) in [6, 6.07) is 16.2. The van der Waals surface area contributed by atoms with Crippen molar-refractivity contribution in [2.24, 2.45) is 0 Å². The number of rotatable bonds is 14. The molecule has 0 aromatic heterocycles. The van der Waals surface area contributed by atoms with Gasteiger partial charge in [0.2, 0.25) is 0 Å². The van der Waals surface area contributed by atoms with Gasteiger partial charge in [0.1, 0.15) is 12.7 Å². The van der Waals surface area contributed by atoms with E-state index >= 15 is 0 Å². The van der Waals surface area contributed by atoms with Gasteiger partial charge in [-0.3, -0.25) is 0 Å². The number of ether oxygens (including phenoxy) is 2. The smallest absolute Gasteiger partial charge is 0.338 e. The van der Waals surface area contributed by atoms with E-state index in [1.165, 1.54) is 38.5 Å². The van der Waals surface area contributed by atoms with Crippen LogP contribution in [-0.2, 0) is 9.47 Å². The summed E-state index contributed by atoms with van der Waals surface area (Å²) in [5.74, 6) is -0.770. The molecular formula is C27H36O4. The maximum atomic E-state index is 12.6. The Hall–Kier alpha value is -2.62. The van der Waals surface area contributed by atoms with Crippen LogP contribution in [0, 0.1) is 6.92 Å². The van der Waals surface area contributed by atoms with E-state index in [0.29, 0.717) is 17.5 Å². The first-order valence-electron chi connectivity index (χ1n) is 11.6. The average Bonchev–Trinajstić information content (AvgIpc) is 2.79. The molecule has 0 fully saturated rings. The van der Waals surface area contributed by atoms with E-state index in [0.717, 1.165) is 18.4 Å². The third-order valence-corrected chi connectivity index (χ3v) is 5.35. The number of hydrogen-bond acceptors (Lipinski definition) is 4. The van der Waals surface area contributed by atoms with Gasteiger partial charge in [0, 0.05) is 0 Å². The van der Waals surface area contributed by atoms with Crippen molar-refractivity contribution in [1.82, 2.24) is 0 Å². The number of carbonyl (C=O) groups is 2. The van der Waals surface area contributed by atoms with Gasteiger partial charge in [-0.05, 0) is 44.0 Å². The van der Waals surface area contributed by atoms with Crippen LogP contribution in [0.2, 0.25) is 0 Å². The number of benzene rings is 2. The number of aryl methyl sites for hydroxylation is 1.